The average Bonchev–Trinajstić information content (AvgIpc) is 2.43. The second kappa shape index (κ2) is 8.17. The number of nitriles is 1. The summed E-state index contributed by atoms with van der Waals surface area (Å²) in [4.78, 5) is 12.7. The third-order valence-electron chi connectivity index (χ3n) is 2.65. The highest BCUT2D eigenvalue weighted by Crippen LogP contribution is 2.24. The smallest absolute Gasteiger partial charge is 0.325 e. The van der Waals surface area contributed by atoms with Crippen LogP contribution < -0.4 is 4.90 Å². The first-order valence-electron chi connectivity index (χ1n) is 6.32. The Bertz CT molecular complexity index is 521. The lowest BCUT2D eigenvalue weighted by Crippen LogP contribution is -2.35. The molecule has 0 unspecified atom stereocenters. The van der Waals surface area contributed by atoms with Crippen LogP contribution in [0.4, 0.5) is 14.5 Å². The summed E-state index contributed by atoms with van der Waals surface area (Å²) in [6, 6.07) is 3.50. The SMILES string of the molecule is CCOC(=O)CN(CCOC)c1c(F)cc(C#N)cc1F. The maximum atomic E-state index is 14.0. The molecule has 1 rings (SSSR count). The van der Waals surface area contributed by atoms with E-state index in [-0.39, 0.29) is 37.6 Å². The number of halogens is 2. The summed E-state index contributed by atoms with van der Waals surface area (Å²) in [6.07, 6.45) is 0. The van der Waals surface area contributed by atoms with Gasteiger partial charge >= 0.3 is 5.97 Å². The molecule has 0 radical (unpaired) electrons. The second-order valence-electron chi connectivity index (χ2n) is 4.12. The van der Waals surface area contributed by atoms with Gasteiger partial charge in [0, 0.05) is 13.7 Å². The second-order valence-corrected chi connectivity index (χ2v) is 4.12. The van der Waals surface area contributed by atoms with E-state index >= 15 is 0 Å². The van der Waals surface area contributed by atoms with Gasteiger partial charge in [-0.1, -0.05) is 0 Å². The highest BCUT2D eigenvalue weighted by molar-refractivity contribution is 5.76. The van der Waals surface area contributed by atoms with E-state index in [1.165, 1.54) is 12.0 Å². The Hall–Kier alpha value is -2.20. The van der Waals surface area contributed by atoms with Crippen molar-refractivity contribution in [2.75, 3.05) is 38.3 Å². The number of carbonyl (C=O) groups is 1. The molecule has 1 aromatic rings. The maximum Gasteiger partial charge on any atom is 0.325 e. The molecule has 0 aliphatic heterocycles. The van der Waals surface area contributed by atoms with E-state index in [1.807, 2.05) is 0 Å². The van der Waals surface area contributed by atoms with E-state index in [0.29, 0.717) is 0 Å². The van der Waals surface area contributed by atoms with Gasteiger partial charge in [-0.15, -0.1) is 0 Å². The Morgan fingerprint density at radius 2 is 2.00 bits per heavy atom. The molecule has 0 atom stereocenters. The van der Waals surface area contributed by atoms with Crippen LogP contribution in [0.25, 0.3) is 0 Å². The molecule has 0 fully saturated rings. The first-order chi connectivity index (χ1) is 10.0. The third-order valence-corrected chi connectivity index (χ3v) is 2.65. The molecule has 114 valence electrons. The number of methoxy groups -OCH3 is 1. The van der Waals surface area contributed by atoms with Gasteiger partial charge < -0.3 is 14.4 Å². The fraction of sp³-hybridized carbons (Fsp3) is 0.429. The quantitative estimate of drug-likeness (QED) is 0.719. The Balaban J connectivity index is 3.08. The van der Waals surface area contributed by atoms with Crippen LogP contribution in [0.15, 0.2) is 12.1 Å². The molecule has 0 aliphatic carbocycles. The lowest BCUT2D eigenvalue weighted by molar-refractivity contribution is -0.141. The predicted octanol–water partition coefficient (Wildman–Crippen LogP) is 1.85. The Morgan fingerprint density at radius 3 is 2.48 bits per heavy atom. The average molecular weight is 298 g/mol. The number of ether oxygens (including phenoxy) is 2. The molecular weight excluding hydrogens is 282 g/mol. The number of esters is 1. The van der Waals surface area contributed by atoms with E-state index < -0.39 is 17.6 Å². The van der Waals surface area contributed by atoms with Gasteiger partial charge in [0.1, 0.15) is 12.2 Å². The van der Waals surface area contributed by atoms with Gasteiger partial charge in [0.25, 0.3) is 0 Å². The normalized spacial score (nSPS) is 10.0. The molecule has 7 heteroatoms. The van der Waals surface area contributed by atoms with Crippen LogP contribution in [-0.4, -0.2) is 39.4 Å². The summed E-state index contributed by atoms with van der Waals surface area (Å²) in [7, 11) is 1.44. The highest BCUT2D eigenvalue weighted by atomic mass is 19.1. The van der Waals surface area contributed by atoms with Crippen molar-refractivity contribution in [1.82, 2.24) is 0 Å². The zero-order valence-electron chi connectivity index (χ0n) is 11.9. The van der Waals surface area contributed by atoms with E-state index in [1.54, 1.807) is 13.0 Å². The zero-order chi connectivity index (χ0) is 15.8. The van der Waals surface area contributed by atoms with Crippen LogP contribution in [0.2, 0.25) is 0 Å². The van der Waals surface area contributed by atoms with Crippen LogP contribution in [-0.2, 0) is 14.3 Å². The van der Waals surface area contributed by atoms with Crippen LogP contribution in [0.5, 0.6) is 0 Å². The third kappa shape index (κ3) is 4.68. The molecule has 0 spiro atoms. The largest absolute Gasteiger partial charge is 0.465 e. The van der Waals surface area contributed by atoms with E-state index in [0.717, 1.165) is 12.1 Å². The monoisotopic (exact) mass is 298 g/mol. The van der Waals surface area contributed by atoms with Crippen molar-refractivity contribution in [2.45, 2.75) is 6.92 Å². The summed E-state index contributed by atoms with van der Waals surface area (Å²) >= 11 is 0. The first-order valence-corrected chi connectivity index (χ1v) is 6.32. The first kappa shape index (κ1) is 16.9. The van der Waals surface area contributed by atoms with Crippen molar-refractivity contribution >= 4 is 11.7 Å². The molecule has 0 bridgehead atoms. The molecule has 21 heavy (non-hydrogen) atoms. The van der Waals surface area contributed by atoms with Crippen molar-refractivity contribution in [1.29, 1.82) is 5.26 Å². The van der Waals surface area contributed by atoms with Gasteiger partial charge in [0.15, 0.2) is 11.6 Å². The summed E-state index contributed by atoms with van der Waals surface area (Å²) < 4.78 is 37.6. The molecular formula is C14H16F2N2O3. The van der Waals surface area contributed by atoms with Crippen LogP contribution >= 0.6 is 0 Å². The van der Waals surface area contributed by atoms with E-state index in [2.05, 4.69) is 0 Å². The van der Waals surface area contributed by atoms with Gasteiger partial charge in [-0.3, -0.25) is 4.79 Å². The summed E-state index contributed by atoms with van der Waals surface area (Å²) in [5, 5.41) is 8.68. The van der Waals surface area contributed by atoms with Crippen LogP contribution in [0.1, 0.15) is 12.5 Å². The van der Waals surface area contributed by atoms with Gasteiger partial charge in [-0.25, -0.2) is 8.78 Å². The fourth-order valence-electron chi connectivity index (χ4n) is 1.77. The Morgan fingerprint density at radius 1 is 1.38 bits per heavy atom. The number of hydrogen-bond donors (Lipinski definition) is 0. The van der Waals surface area contributed by atoms with Gasteiger partial charge in [0.2, 0.25) is 0 Å². The topological polar surface area (TPSA) is 62.6 Å². The van der Waals surface area contributed by atoms with Gasteiger partial charge in [0.05, 0.1) is 24.8 Å². The molecule has 0 N–H and O–H groups in total. The van der Waals surface area contributed by atoms with Crippen molar-refractivity contribution in [3.8, 4) is 6.07 Å². The summed E-state index contributed by atoms with van der Waals surface area (Å²) in [5.41, 5.74) is -0.504. The molecule has 0 saturated carbocycles. The maximum absolute atomic E-state index is 14.0. The molecule has 1 aromatic carbocycles. The Labute approximate surface area is 121 Å². The van der Waals surface area contributed by atoms with E-state index in [4.69, 9.17) is 14.7 Å². The number of nitrogens with zero attached hydrogens (tertiary/aromatic N) is 2. The number of benzene rings is 1. The highest BCUT2D eigenvalue weighted by Gasteiger charge is 2.21. The van der Waals surface area contributed by atoms with Crippen LogP contribution in [0.3, 0.4) is 0 Å². The standard InChI is InChI=1S/C14H16F2N2O3/c1-3-21-13(19)9-18(4-5-20-2)14-11(15)6-10(8-17)7-12(14)16/h6-7H,3-5,9H2,1-2H3. The van der Waals surface area contributed by atoms with Crippen molar-refractivity contribution in [3.63, 3.8) is 0 Å². The van der Waals surface area contributed by atoms with Crippen LogP contribution in [0, 0.1) is 23.0 Å². The van der Waals surface area contributed by atoms with Gasteiger partial charge in [-0.2, -0.15) is 5.26 Å². The predicted molar refractivity (Wildman–Crippen MR) is 71.8 cm³/mol. The molecule has 0 amide bonds. The molecule has 0 heterocycles. The van der Waals surface area contributed by atoms with Crippen molar-refractivity contribution in [3.05, 3.63) is 29.3 Å². The minimum absolute atomic E-state index is 0.106. The van der Waals surface area contributed by atoms with Crippen molar-refractivity contribution in [2.24, 2.45) is 0 Å². The molecule has 0 saturated heterocycles. The fourth-order valence-corrected chi connectivity index (χ4v) is 1.77. The zero-order valence-corrected chi connectivity index (χ0v) is 11.9. The van der Waals surface area contributed by atoms with E-state index in [9.17, 15) is 13.6 Å². The molecule has 0 aromatic heterocycles. The summed E-state index contributed by atoms with van der Waals surface area (Å²) in [6.45, 7) is 1.79. The van der Waals surface area contributed by atoms with Crippen molar-refractivity contribution < 1.29 is 23.0 Å². The molecule has 5 nitrogen and oxygen atoms in total. The number of carbonyl (C=O) groups excluding carboxylic acids is 1. The Kier molecular flexibility index (Phi) is 6.56. The number of anilines is 1. The number of hydrogen-bond acceptors (Lipinski definition) is 5. The molecule has 0 aliphatic rings. The minimum atomic E-state index is -0.910. The van der Waals surface area contributed by atoms with Gasteiger partial charge in [-0.05, 0) is 19.1 Å². The minimum Gasteiger partial charge on any atom is -0.465 e. The lowest BCUT2D eigenvalue weighted by atomic mass is 10.2. The number of rotatable bonds is 7. The summed E-state index contributed by atoms with van der Waals surface area (Å²) in [5.74, 6) is -2.42. The lowest BCUT2D eigenvalue weighted by Gasteiger charge is -2.24.